The van der Waals surface area contributed by atoms with Crippen LogP contribution in [0.1, 0.15) is 11.6 Å². The van der Waals surface area contributed by atoms with Gasteiger partial charge in [0.2, 0.25) is 5.91 Å². The molecule has 5 rings (SSSR count). The lowest BCUT2D eigenvalue weighted by atomic mass is 10.0. The molecule has 1 atom stereocenters. The van der Waals surface area contributed by atoms with E-state index in [4.69, 9.17) is 16.0 Å². The standard InChI is InChI=1S/C27H19ClN4O6/c28-18-6-9-22(32(36)37)20(14-18)17-10-11-31(25(33)13-17)23(12-16-4-2-1-3-5-16)26(34)29-19-7-8-21-24(15-19)38-27(35)30-21/h1-11,13-15,23H,12H2,(H,29,34)(H,30,35). The number of aromatic amines is 1. The van der Waals surface area contributed by atoms with Crippen molar-refractivity contribution in [1.29, 1.82) is 0 Å². The summed E-state index contributed by atoms with van der Waals surface area (Å²) in [6.07, 6.45) is 1.63. The van der Waals surface area contributed by atoms with Gasteiger partial charge < -0.3 is 14.3 Å². The van der Waals surface area contributed by atoms with Crippen molar-refractivity contribution in [2.75, 3.05) is 5.32 Å². The van der Waals surface area contributed by atoms with Crippen molar-refractivity contribution in [3.63, 3.8) is 0 Å². The van der Waals surface area contributed by atoms with Crippen LogP contribution in [0.15, 0.2) is 99.1 Å². The number of pyridine rings is 1. The molecule has 1 unspecified atom stereocenters. The number of amides is 1. The van der Waals surface area contributed by atoms with Gasteiger partial charge in [0.25, 0.3) is 11.2 Å². The smallest absolute Gasteiger partial charge is 0.408 e. The summed E-state index contributed by atoms with van der Waals surface area (Å²) in [6, 6.07) is 19.8. The van der Waals surface area contributed by atoms with Crippen LogP contribution in [0.3, 0.4) is 0 Å². The fraction of sp³-hybridized carbons (Fsp3) is 0.0741. The Labute approximate surface area is 219 Å². The molecule has 1 amide bonds. The molecule has 0 fully saturated rings. The van der Waals surface area contributed by atoms with Gasteiger partial charge in [-0.05, 0) is 41.5 Å². The summed E-state index contributed by atoms with van der Waals surface area (Å²) in [5.74, 6) is -1.09. The van der Waals surface area contributed by atoms with E-state index < -0.39 is 28.2 Å². The minimum atomic E-state index is -0.956. The van der Waals surface area contributed by atoms with Crippen molar-refractivity contribution < 1.29 is 14.1 Å². The van der Waals surface area contributed by atoms with E-state index in [1.807, 2.05) is 30.3 Å². The second-order valence-electron chi connectivity index (χ2n) is 8.50. The zero-order valence-corrected chi connectivity index (χ0v) is 20.3. The molecule has 0 saturated carbocycles. The van der Waals surface area contributed by atoms with E-state index in [1.165, 1.54) is 47.2 Å². The monoisotopic (exact) mass is 530 g/mol. The summed E-state index contributed by atoms with van der Waals surface area (Å²) < 4.78 is 6.34. The first-order chi connectivity index (χ1) is 18.3. The minimum Gasteiger partial charge on any atom is -0.408 e. The summed E-state index contributed by atoms with van der Waals surface area (Å²) in [5.41, 5.74) is 1.72. The van der Waals surface area contributed by atoms with Gasteiger partial charge in [-0.15, -0.1) is 0 Å². The molecule has 5 aromatic rings. The number of fused-ring (bicyclic) bond motifs is 1. The van der Waals surface area contributed by atoms with Gasteiger partial charge in [-0.3, -0.25) is 24.7 Å². The number of hydrogen-bond acceptors (Lipinski definition) is 6. The fourth-order valence-electron chi connectivity index (χ4n) is 4.22. The van der Waals surface area contributed by atoms with Crippen LogP contribution in [0.5, 0.6) is 0 Å². The number of nitrogens with zero attached hydrogens (tertiary/aromatic N) is 2. The van der Waals surface area contributed by atoms with Gasteiger partial charge in [0.1, 0.15) is 6.04 Å². The van der Waals surface area contributed by atoms with Gasteiger partial charge in [0.05, 0.1) is 16.0 Å². The molecule has 0 spiro atoms. The number of benzene rings is 3. The number of nitro benzene ring substituents is 1. The normalized spacial score (nSPS) is 11.8. The molecule has 2 N–H and O–H groups in total. The van der Waals surface area contributed by atoms with Crippen LogP contribution in [0.4, 0.5) is 11.4 Å². The Balaban J connectivity index is 1.52. The highest BCUT2D eigenvalue weighted by Crippen LogP contribution is 2.32. The van der Waals surface area contributed by atoms with Gasteiger partial charge >= 0.3 is 5.76 Å². The van der Waals surface area contributed by atoms with E-state index in [9.17, 15) is 24.5 Å². The average Bonchev–Trinajstić information content (AvgIpc) is 3.27. The predicted molar refractivity (Wildman–Crippen MR) is 142 cm³/mol. The molecule has 0 aliphatic heterocycles. The number of anilines is 1. The lowest BCUT2D eigenvalue weighted by Gasteiger charge is -2.20. The summed E-state index contributed by atoms with van der Waals surface area (Å²) in [6.45, 7) is 0. The first kappa shape index (κ1) is 24.7. The second-order valence-corrected chi connectivity index (χ2v) is 8.94. The fourth-order valence-corrected chi connectivity index (χ4v) is 4.39. The van der Waals surface area contributed by atoms with Gasteiger partial charge in [0, 0.05) is 41.5 Å². The molecular weight excluding hydrogens is 512 g/mol. The van der Waals surface area contributed by atoms with E-state index >= 15 is 0 Å². The van der Waals surface area contributed by atoms with E-state index in [-0.39, 0.29) is 28.3 Å². The molecule has 0 radical (unpaired) electrons. The van der Waals surface area contributed by atoms with E-state index in [2.05, 4.69) is 10.3 Å². The van der Waals surface area contributed by atoms with Crippen LogP contribution in [-0.2, 0) is 11.2 Å². The molecule has 0 bridgehead atoms. The second kappa shape index (κ2) is 10.2. The summed E-state index contributed by atoms with van der Waals surface area (Å²) >= 11 is 6.05. The largest absolute Gasteiger partial charge is 0.417 e. The van der Waals surface area contributed by atoms with Crippen LogP contribution in [0.25, 0.3) is 22.2 Å². The van der Waals surface area contributed by atoms with Crippen molar-refractivity contribution in [1.82, 2.24) is 9.55 Å². The van der Waals surface area contributed by atoms with Crippen molar-refractivity contribution >= 4 is 40.0 Å². The number of aromatic nitrogens is 2. The van der Waals surface area contributed by atoms with E-state index in [0.29, 0.717) is 16.8 Å². The Morgan fingerprint density at radius 3 is 2.58 bits per heavy atom. The van der Waals surface area contributed by atoms with Crippen molar-refractivity contribution in [2.45, 2.75) is 12.5 Å². The molecule has 2 aromatic heterocycles. The van der Waals surface area contributed by atoms with Crippen LogP contribution < -0.4 is 16.6 Å². The molecule has 0 saturated heterocycles. The molecule has 11 heteroatoms. The third-order valence-electron chi connectivity index (χ3n) is 6.01. The maximum atomic E-state index is 13.5. The molecule has 0 aliphatic rings. The zero-order valence-electron chi connectivity index (χ0n) is 19.6. The van der Waals surface area contributed by atoms with Crippen molar-refractivity contribution in [3.8, 4) is 11.1 Å². The molecule has 2 heterocycles. The average molecular weight is 531 g/mol. The van der Waals surface area contributed by atoms with Gasteiger partial charge in [-0.25, -0.2) is 4.79 Å². The number of oxazole rings is 1. The quantitative estimate of drug-likeness (QED) is 0.226. The van der Waals surface area contributed by atoms with Gasteiger partial charge in [-0.2, -0.15) is 0 Å². The Hall–Kier alpha value is -4.96. The maximum absolute atomic E-state index is 13.5. The van der Waals surface area contributed by atoms with E-state index in [0.717, 1.165) is 5.56 Å². The number of rotatable bonds is 7. The third kappa shape index (κ3) is 5.11. The number of nitro groups is 1. The molecule has 10 nitrogen and oxygen atoms in total. The Morgan fingerprint density at radius 1 is 1.05 bits per heavy atom. The SMILES string of the molecule is O=C(Nc1ccc2[nH]c(=O)oc2c1)C(Cc1ccccc1)n1ccc(-c2cc(Cl)ccc2[N+](=O)[O-])cc1=O. The highest BCUT2D eigenvalue weighted by Gasteiger charge is 2.24. The third-order valence-corrected chi connectivity index (χ3v) is 6.25. The molecule has 190 valence electrons. The summed E-state index contributed by atoms with van der Waals surface area (Å²) in [5, 5.41) is 14.6. The highest BCUT2D eigenvalue weighted by atomic mass is 35.5. The minimum absolute atomic E-state index is 0.192. The number of carbonyl (C=O) groups excluding carboxylic acids is 1. The summed E-state index contributed by atoms with van der Waals surface area (Å²) in [7, 11) is 0. The van der Waals surface area contributed by atoms with Crippen LogP contribution in [0, 0.1) is 10.1 Å². The lowest BCUT2D eigenvalue weighted by Crippen LogP contribution is -2.34. The summed E-state index contributed by atoms with van der Waals surface area (Å²) in [4.78, 5) is 51.7. The first-order valence-corrected chi connectivity index (χ1v) is 11.8. The van der Waals surface area contributed by atoms with Crippen LogP contribution in [0.2, 0.25) is 5.02 Å². The van der Waals surface area contributed by atoms with Gasteiger partial charge in [-0.1, -0.05) is 41.9 Å². The number of carbonyl (C=O) groups is 1. The van der Waals surface area contributed by atoms with E-state index in [1.54, 1.807) is 12.1 Å². The number of halogens is 1. The van der Waals surface area contributed by atoms with Crippen LogP contribution in [-0.4, -0.2) is 20.4 Å². The predicted octanol–water partition coefficient (Wildman–Crippen LogP) is 4.93. The topological polar surface area (TPSA) is 140 Å². The molecule has 0 aliphatic carbocycles. The van der Waals surface area contributed by atoms with Crippen LogP contribution >= 0.6 is 11.6 Å². The van der Waals surface area contributed by atoms with Gasteiger partial charge in [0.15, 0.2) is 5.58 Å². The maximum Gasteiger partial charge on any atom is 0.417 e. The molecule has 3 aromatic carbocycles. The number of nitrogens with one attached hydrogen (secondary N) is 2. The Morgan fingerprint density at radius 2 is 1.84 bits per heavy atom. The number of hydrogen-bond donors (Lipinski definition) is 2. The molecular formula is C27H19ClN4O6. The molecule has 38 heavy (non-hydrogen) atoms. The first-order valence-electron chi connectivity index (χ1n) is 11.4. The number of H-pyrrole nitrogens is 1. The van der Waals surface area contributed by atoms with Crippen molar-refractivity contribution in [3.05, 3.63) is 127 Å². The zero-order chi connectivity index (χ0) is 26.8. The highest BCUT2D eigenvalue weighted by molar-refractivity contribution is 6.31. The Kier molecular flexibility index (Phi) is 6.63. The lowest BCUT2D eigenvalue weighted by molar-refractivity contribution is -0.384. The Bertz CT molecular complexity index is 1790. The van der Waals surface area contributed by atoms with Crippen molar-refractivity contribution in [2.24, 2.45) is 0 Å².